The second-order valence-electron chi connectivity index (χ2n) is 4.04. The van der Waals surface area contributed by atoms with Crippen LogP contribution in [0.4, 0.5) is 8.78 Å². The Morgan fingerprint density at radius 3 is 3.00 bits per heavy atom. The van der Waals surface area contributed by atoms with Crippen LogP contribution in [0.2, 0.25) is 0 Å². The van der Waals surface area contributed by atoms with Crippen LogP contribution < -0.4 is 4.74 Å². The quantitative estimate of drug-likeness (QED) is 0.780. The molecule has 0 N–H and O–H groups in total. The van der Waals surface area contributed by atoms with Crippen molar-refractivity contribution in [3.63, 3.8) is 0 Å². The molecule has 3 nitrogen and oxygen atoms in total. The molecule has 0 aromatic heterocycles. The molecule has 1 aromatic carbocycles. The van der Waals surface area contributed by atoms with Gasteiger partial charge in [-0.3, -0.25) is 0 Å². The fourth-order valence-electron chi connectivity index (χ4n) is 1.97. The summed E-state index contributed by atoms with van der Waals surface area (Å²) in [4.78, 5) is 11.3. The van der Waals surface area contributed by atoms with Gasteiger partial charge in [0.2, 0.25) is 0 Å². The van der Waals surface area contributed by atoms with Crippen molar-refractivity contribution < 1.29 is 23.0 Å². The normalized spacial score (nSPS) is 14.6. The molecule has 1 aromatic rings. The van der Waals surface area contributed by atoms with E-state index < -0.39 is 17.5 Å². The van der Waals surface area contributed by atoms with Gasteiger partial charge < -0.3 is 9.47 Å². The molecule has 2 rings (SSSR count). The van der Waals surface area contributed by atoms with E-state index >= 15 is 0 Å². The van der Waals surface area contributed by atoms with Crippen molar-refractivity contribution in [3.05, 3.63) is 29.3 Å². The molecule has 5 heteroatoms. The van der Waals surface area contributed by atoms with Crippen LogP contribution in [0.15, 0.2) is 18.2 Å². The number of alkyl halides is 2. The number of aryl methyl sites for hydroxylation is 1. The summed E-state index contributed by atoms with van der Waals surface area (Å²) in [6, 6.07) is 4.45. The number of carbonyl (C=O) groups is 1. The Morgan fingerprint density at radius 2 is 2.28 bits per heavy atom. The van der Waals surface area contributed by atoms with Crippen molar-refractivity contribution in [2.75, 3.05) is 13.2 Å². The first-order chi connectivity index (χ1) is 8.57. The zero-order valence-electron chi connectivity index (χ0n) is 10.0. The Morgan fingerprint density at radius 1 is 1.50 bits per heavy atom. The van der Waals surface area contributed by atoms with E-state index in [1.807, 2.05) is 0 Å². The van der Waals surface area contributed by atoms with Gasteiger partial charge >= 0.3 is 11.9 Å². The maximum absolute atomic E-state index is 14.0. The second-order valence-corrected chi connectivity index (χ2v) is 4.04. The summed E-state index contributed by atoms with van der Waals surface area (Å²) in [5, 5.41) is 0. The molecule has 0 unspecified atom stereocenters. The molecule has 0 fully saturated rings. The van der Waals surface area contributed by atoms with Gasteiger partial charge in [0, 0.05) is 0 Å². The van der Waals surface area contributed by atoms with Crippen LogP contribution in [0.1, 0.15) is 24.5 Å². The van der Waals surface area contributed by atoms with Crippen LogP contribution in [0.3, 0.4) is 0 Å². The number of para-hydroxylation sites is 1. The Kier molecular flexibility index (Phi) is 3.50. The molecular weight excluding hydrogens is 242 g/mol. The van der Waals surface area contributed by atoms with Crippen molar-refractivity contribution in [3.8, 4) is 5.75 Å². The van der Waals surface area contributed by atoms with Gasteiger partial charge in [0.15, 0.2) is 0 Å². The van der Waals surface area contributed by atoms with Gasteiger partial charge in [-0.05, 0) is 31.4 Å². The number of esters is 1. The average molecular weight is 256 g/mol. The molecule has 0 aliphatic carbocycles. The summed E-state index contributed by atoms with van der Waals surface area (Å²) < 4.78 is 37.6. The Bertz CT molecular complexity index is 458. The van der Waals surface area contributed by atoms with Crippen LogP contribution in [-0.4, -0.2) is 19.2 Å². The van der Waals surface area contributed by atoms with Gasteiger partial charge in [0.25, 0.3) is 0 Å². The summed E-state index contributed by atoms with van der Waals surface area (Å²) in [6.07, 6.45) is 1.48. The third kappa shape index (κ3) is 2.17. The van der Waals surface area contributed by atoms with Gasteiger partial charge in [0.05, 0.1) is 18.8 Å². The van der Waals surface area contributed by atoms with E-state index in [-0.39, 0.29) is 12.4 Å². The summed E-state index contributed by atoms with van der Waals surface area (Å²) >= 11 is 0. The number of hydrogen-bond acceptors (Lipinski definition) is 3. The van der Waals surface area contributed by atoms with Crippen molar-refractivity contribution in [1.82, 2.24) is 0 Å². The highest BCUT2D eigenvalue weighted by atomic mass is 19.3. The Labute approximate surface area is 104 Å². The zero-order chi connectivity index (χ0) is 13.2. The minimum Gasteiger partial charge on any atom is -0.493 e. The number of rotatable bonds is 3. The number of hydrogen-bond donors (Lipinski definition) is 0. The number of fused-ring (bicyclic) bond motifs is 1. The predicted octanol–water partition coefficient (Wildman–Crippen LogP) is 2.67. The largest absolute Gasteiger partial charge is 0.493 e. The first-order valence-corrected chi connectivity index (χ1v) is 5.87. The number of carbonyl (C=O) groups excluding carboxylic acids is 1. The average Bonchev–Trinajstić information content (AvgIpc) is 2.38. The molecule has 1 heterocycles. The molecule has 1 aliphatic heterocycles. The lowest BCUT2D eigenvalue weighted by atomic mass is 9.99. The lowest BCUT2D eigenvalue weighted by Gasteiger charge is -2.23. The third-order valence-corrected chi connectivity index (χ3v) is 2.80. The third-order valence-electron chi connectivity index (χ3n) is 2.80. The van der Waals surface area contributed by atoms with Gasteiger partial charge in [0.1, 0.15) is 5.75 Å². The first-order valence-electron chi connectivity index (χ1n) is 5.87. The molecule has 0 amide bonds. The SMILES string of the molecule is CCOC(=O)C(F)(F)c1cccc2c1OCCC2. The van der Waals surface area contributed by atoms with Crippen molar-refractivity contribution >= 4 is 5.97 Å². The lowest BCUT2D eigenvalue weighted by molar-refractivity contribution is -0.173. The van der Waals surface area contributed by atoms with E-state index in [4.69, 9.17) is 4.74 Å². The maximum atomic E-state index is 14.0. The molecule has 0 bridgehead atoms. The molecule has 0 atom stereocenters. The topological polar surface area (TPSA) is 35.5 Å². The van der Waals surface area contributed by atoms with E-state index in [1.165, 1.54) is 19.1 Å². The summed E-state index contributed by atoms with van der Waals surface area (Å²) in [5.41, 5.74) is 0.306. The molecule has 0 saturated heterocycles. The summed E-state index contributed by atoms with van der Waals surface area (Å²) in [7, 11) is 0. The molecule has 0 saturated carbocycles. The highest BCUT2D eigenvalue weighted by Gasteiger charge is 2.45. The highest BCUT2D eigenvalue weighted by molar-refractivity contribution is 5.80. The van der Waals surface area contributed by atoms with Gasteiger partial charge in [-0.25, -0.2) is 4.79 Å². The number of benzene rings is 1. The van der Waals surface area contributed by atoms with Crippen molar-refractivity contribution in [2.45, 2.75) is 25.7 Å². The van der Waals surface area contributed by atoms with E-state index in [2.05, 4.69) is 4.74 Å². The molecule has 0 radical (unpaired) electrons. The van der Waals surface area contributed by atoms with E-state index in [0.29, 0.717) is 18.6 Å². The molecule has 1 aliphatic rings. The molecular formula is C13H14F2O3. The minimum absolute atomic E-state index is 0.0791. The van der Waals surface area contributed by atoms with Gasteiger partial charge in [-0.15, -0.1) is 0 Å². The summed E-state index contributed by atoms with van der Waals surface area (Å²) in [6.45, 7) is 1.80. The summed E-state index contributed by atoms with van der Waals surface area (Å²) in [5.74, 6) is -5.08. The minimum atomic E-state index is -3.67. The highest BCUT2D eigenvalue weighted by Crippen LogP contribution is 2.39. The first kappa shape index (κ1) is 12.8. The van der Waals surface area contributed by atoms with E-state index in [9.17, 15) is 13.6 Å². The van der Waals surface area contributed by atoms with E-state index in [0.717, 1.165) is 6.42 Å². The maximum Gasteiger partial charge on any atom is 0.382 e. The van der Waals surface area contributed by atoms with Crippen molar-refractivity contribution in [2.24, 2.45) is 0 Å². The van der Waals surface area contributed by atoms with Crippen LogP contribution in [0, 0.1) is 0 Å². The molecule has 0 spiro atoms. The van der Waals surface area contributed by atoms with Crippen LogP contribution in [0.5, 0.6) is 5.75 Å². The standard InChI is InChI=1S/C13H14F2O3/c1-2-17-12(16)13(14,15)10-7-3-5-9-6-4-8-18-11(9)10/h3,5,7H,2,4,6,8H2,1H3. The zero-order valence-corrected chi connectivity index (χ0v) is 10.0. The van der Waals surface area contributed by atoms with Crippen LogP contribution in [-0.2, 0) is 21.9 Å². The van der Waals surface area contributed by atoms with Crippen molar-refractivity contribution in [1.29, 1.82) is 0 Å². The predicted molar refractivity (Wildman–Crippen MR) is 60.8 cm³/mol. The van der Waals surface area contributed by atoms with Crippen LogP contribution in [0.25, 0.3) is 0 Å². The van der Waals surface area contributed by atoms with E-state index in [1.54, 1.807) is 6.07 Å². The Hall–Kier alpha value is -1.65. The fourth-order valence-corrected chi connectivity index (χ4v) is 1.97. The second kappa shape index (κ2) is 4.92. The smallest absolute Gasteiger partial charge is 0.382 e. The van der Waals surface area contributed by atoms with Crippen LogP contribution >= 0.6 is 0 Å². The fraction of sp³-hybridized carbons (Fsp3) is 0.462. The number of halogens is 2. The van der Waals surface area contributed by atoms with Gasteiger partial charge in [-0.1, -0.05) is 12.1 Å². The Balaban J connectivity index is 2.41. The lowest BCUT2D eigenvalue weighted by Crippen LogP contribution is -2.29. The monoisotopic (exact) mass is 256 g/mol. The molecule has 18 heavy (non-hydrogen) atoms. The number of ether oxygens (including phenoxy) is 2. The molecule has 98 valence electrons. The van der Waals surface area contributed by atoms with Gasteiger partial charge in [-0.2, -0.15) is 8.78 Å².